The van der Waals surface area contributed by atoms with Crippen LogP contribution < -0.4 is 10.5 Å². The van der Waals surface area contributed by atoms with E-state index in [0.29, 0.717) is 18.4 Å². The summed E-state index contributed by atoms with van der Waals surface area (Å²) >= 11 is 0. The van der Waals surface area contributed by atoms with Crippen LogP contribution in [0.15, 0.2) is 47.4 Å². The van der Waals surface area contributed by atoms with E-state index >= 15 is 0 Å². The van der Waals surface area contributed by atoms with Crippen molar-refractivity contribution in [3.05, 3.63) is 59.2 Å². The molecule has 0 aromatic heterocycles. The fourth-order valence-electron chi connectivity index (χ4n) is 6.19. The Bertz CT molecular complexity index is 1390. The number of nitrogens with two attached hydrogens (primary N) is 1. The van der Waals surface area contributed by atoms with Crippen LogP contribution in [0.2, 0.25) is 0 Å². The van der Waals surface area contributed by atoms with Crippen LogP contribution in [-0.2, 0) is 20.8 Å². The van der Waals surface area contributed by atoms with Crippen LogP contribution in [0.3, 0.4) is 0 Å². The zero-order valence-electron chi connectivity index (χ0n) is 20.3. The second-order valence-corrected chi connectivity index (χ2v) is 12.3. The SMILES string of the molecule is COc1cc(C(F)(F)F)ccc1[C@@H](C1CC1)C12CC1CC(C(N)=O)N2C(=O)c1cccc(S(C)(=O)=O)c1. The fraction of sp³-hybridized carbons (Fsp3) is 0.462. The number of carbonyl (C=O) groups excluding carboxylic acids is 2. The highest BCUT2D eigenvalue weighted by Crippen LogP contribution is 2.69. The van der Waals surface area contributed by atoms with E-state index in [0.717, 1.165) is 31.2 Å². The van der Waals surface area contributed by atoms with Gasteiger partial charge in [-0.15, -0.1) is 0 Å². The van der Waals surface area contributed by atoms with E-state index in [1.54, 1.807) is 0 Å². The monoisotopic (exact) mass is 536 g/mol. The molecule has 7 nitrogen and oxygen atoms in total. The summed E-state index contributed by atoms with van der Waals surface area (Å²) in [4.78, 5) is 27.9. The maximum Gasteiger partial charge on any atom is 0.416 e. The summed E-state index contributed by atoms with van der Waals surface area (Å²) in [6, 6.07) is 8.12. The quantitative estimate of drug-likeness (QED) is 0.580. The Morgan fingerprint density at radius 3 is 2.43 bits per heavy atom. The molecule has 37 heavy (non-hydrogen) atoms. The van der Waals surface area contributed by atoms with Gasteiger partial charge in [-0.2, -0.15) is 13.2 Å². The van der Waals surface area contributed by atoms with Gasteiger partial charge in [0.25, 0.3) is 5.91 Å². The van der Waals surface area contributed by atoms with Crippen molar-refractivity contribution in [3.63, 3.8) is 0 Å². The zero-order chi connectivity index (χ0) is 26.9. The number of amides is 2. The zero-order valence-corrected chi connectivity index (χ0v) is 21.1. The molecule has 3 fully saturated rings. The number of carbonyl (C=O) groups is 2. The van der Waals surface area contributed by atoms with Crippen LogP contribution in [-0.4, -0.2) is 50.1 Å². The van der Waals surface area contributed by atoms with Gasteiger partial charge in [0.05, 0.1) is 23.1 Å². The number of hydrogen-bond donors (Lipinski definition) is 1. The maximum absolute atomic E-state index is 13.9. The van der Waals surface area contributed by atoms with Gasteiger partial charge in [0, 0.05) is 17.7 Å². The minimum Gasteiger partial charge on any atom is -0.496 e. The second kappa shape index (κ2) is 8.47. The van der Waals surface area contributed by atoms with Crippen molar-refractivity contribution in [2.45, 2.75) is 54.3 Å². The van der Waals surface area contributed by atoms with Crippen LogP contribution in [0.25, 0.3) is 0 Å². The van der Waals surface area contributed by atoms with Gasteiger partial charge in [0.15, 0.2) is 9.84 Å². The normalized spacial score (nSPS) is 25.9. The van der Waals surface area contributed by atoms with Gasteiger partial charge in [0.1, 0.15) is 11.8 Å². The molecule has 2 aliphatic carbocycles. The maximum atomic E-state index is 13.9. The summed E-state index contributed by atoms with van der Waals surface area (Å²) in [5, 5.41) is 0. The average molecular weight is 537 g/mol. The topological polar surface area (TPSA) is 107 Å². The molecular formula is C26H27F3N2O5S. The van der Waals surface area contributed by atoms with Gasteiger partial charge in [-0.25, -0.2) is 8.42 Å². The molecule has 3 aliphatic rings. The van der Waals surface area contributed by atoms with Gasteiger partial charge in [-0.05, 0) is 73.4 Å². The lowest BCUT2D eigenvalue weighted by atomic mass is 9.82. The molecule has 0 spiro atoms. The van der Waals surface area contributed by atoms with Crippen molar-refractivity contribution in [3.8, 4) is 5.75 Å². The minimum absolute atomic E-state index is 0.0299. The molecule has 0 radical (unpaired) electrons. The van der Waals surface area contributed by atoms with Crippen LogP contribution in [0.5, 0.6) is 5.75 Å². The Morgan fingerprint density at radius 1 is 1.16 bits per heavy atom. The first-order valence-electron chi connectivity index (χ1n) is 12.0. The summed E-state index contributed by atoms with van der Waals surface area (Å²) in [6.07, 6.45) is -0.930. The molecule has 1 heterocycles. The second-order valence-electron chi connectivity index (χ2n) is 10.3. The highest BCUT2D eigenvalue weighted by Gasteiger charge is 2.73. The van der Waals surface area contributed by atoms with Crippen LogP contribution in [0.1, 0.15) is 53.1 Å². The number of piperidine rings is 1. The average Bonchev–Trinajstić information content (AvgIpc) is 3.76. The van der Waals surface area contributed by atoms with E-state index in [2.05, 4.69) is 0 Å². The Balaban J connectivity index is 1.62. The van der Waals surface area contributed by atoms with E-state index < -0.39 is 45.0 Å². The number of methoxy groups -OCH3 is 1. The number of alkyl halides is 3. The van der Waals surface area contributed by atoms with Gasteiger partial charge in [-0.1, -0.05) is 12.1 Å². The largest absolute Gasteiger partial charge is 0.496 e. The first-order chi connectivity index (χ1) is 17.3. The number of primary amides is 1. The van der Waals surface area contributed by atoms with Crippen molar-refractivity contribution < 1.29 is 35.9 Å². The number of ether oxygens (including phenoxy) is 1. The molecule has 198 valence electrons. The summed E-state index contributed by atoms with van der Waals surface area (Å²) in [5.74, 6) is -1.44. The van der Waals surface area contributed by atoms with Crippen molar-refractivity contribution in [1.82, 2.24) is 4.90 Å². The number of rotatable bonds is 7. The third-order valence-electron chi connectivity index (χ3n) is 7.97. The molecule has 5 rings (SSSR count). The summed E-state index contributed by atoms with van der Waals surface area (Å²) in [7, 11) is -2.28. The molecule has 1 aliphatic heterocycles. The van der Waals surface area contributed by atoms with Gasteiger partial charge < -0.3 is 15.4 Å². The minimum atomic E-state index is -4.54. The lowest BCUT2D eigenvalue weighted by Crippen LogP contribution is -2.53. The molecule has 4 atom stereocenters. The first kappa shape index (κ1) is 25.6. The van der Waals surface area contributed by atoms with Crippen molar-refractivity contribution >= 4 is 21.7 Å². The first-order valence-corrected chi connectivity index (χ1v) is 13.9. The lowest BCUT2D eigenvalue weighted by Gasteiger charge is -2.39. The molecule has 2 N–H and O–H groups in total. The molecule has 2 amide bonds. The third kappa shape index (κ3) is 4.26. The van der Waals surface area contributed by atoms with Gasteiger partial charge in [-0.3, -0.25) is 9.59 Å². The van der Waals surface area contributed by atoms with Crippen LogP contribution in [0, 0.1) is 11.8 Å². The van der Waals surface area contributed by atoms with Crippen LogP contribution in [0.4, 0.5) is 13.2 Å². The van der Waals surface area contributed by atoms with E-state index in [9.17, 15) is 31.2 Å². The number of nitrogens with zero attached hydrogens (tertiary/aromatic N) is 1. The summed E-state index contributed by atoms with van der Waals surface area (Å²) in [6.45, 7) is 0. The van der Waals surface area contributed by atoms with Gasteiger partial charge >= 0.3 is 6.18 Å². The number of hydrogen-bond acceptors (Lipinski definition) is 5. The smallest absolute Gasteiger partial charge is 0.416 e. The third-order valence-corrected chi connectivity index (χ3v) is 9.08. The Kier molecular flexibility index (Phi) is 5.85. The van der Waals surface area contributed by atoms with Crippen LogP contribution >= 0.6 is 0 Å². The predicted octanol–water partition coefficient (Wildman–Crippen LogP) is 3.77. The molecule has 2 aromatic rings. The Labute approximate surface area is 212 Å². The predicted molar refractivity (Wildman–Crippen MR) is 128 cm³/mol. The highest BCUT2D eigenvalue weighted by molar-refractivity contribution is 7.90. The molecule has 3 unspecified atom stereocenters. The van der Waals surface area contributed by atoms with Crippen molar-refractivity contribution in [2.24, 2.45) is 17.6 Å². The highest BCUT2D eigenvalue weighted by atomic mass is 32.2. The van der Waals surface area contributed by atoms with E-state index in [4.69, 9.17) is 10.5 Å². The van der Waals surface area contributed by atoms with Crippen molar-refractivity contribution in [1.29, 1.82) is 0 Å². The Morgan fingerprint density at radius 2 is 1.86 bits per heavy atom. The molecule has 2 aromatic carbocycles. The standard InChI is InChI=1S/C26H27F3N2O5S/c1-36-21-12-16(26(27,28)29)8-9-19(21)22(14-6-7-14)25-13-17(25)11-20(23(30)32)31(25)24(33)15-4-3-5-18(10-15)37(2,34)35/h3-5,8-10,12,14,17,20,22H,6-7,11,13H2,1-2H3,(H2,30,32)/t17?,20?,22-,25?/m1/s1. The molecule has 1 saturated heterocycles. The summed E-state index contributed by atoms with van der Waals surface area (Å²) < 4.78 is 69.8. The van der Waals surface area contributed by atoms with E-state index in [-0.39, 0.29) is 34.0 Å². The van der Waals surface area contributed by atoms with E-state index in [1.165, 1.54) is 42.3 Å². The Hall–Kier alpha value is -3.08. The number of sulfone groups is 1. The number of benzene rings is 2. The number of fused-ring (bicyclic) bond motifs is 1. The van der Waals surface area contributed by atoms with Crippen molar-refractivity contribution in [2.75, 3.05) is 13.4 Å². The molecule has 0 bridgehead atoms. The number of likely N-dealkylation sites (tertiary alicyclic amines) is 1. The molecule has 2 saturated carbocycles. The number of halogens is 3. The summed E-state index contributed by atoms with van der Waals surface area (Å²) in [5.41, 5.74) is 4.73. The lowest BCUT2D eigenvalue weighted by molar-refractivity contribution is -0.137. The van der Waals surface area contributed by atoms with Gasteiger partial charge in [0.2, 0.25) is 5.91 Å². The molecule has 11 heteroatoms. The van der Waals surface area contributed by atoms with E-state index in [1.807, 2.05) is 0 Å². The fourth-order valence-corrected chi connectivity index (χ4v) is 6.86. The molecular weight excluding hydrogens is 509 g/mol.